The zero-order valence-electron chi connectivity index (χ0n) is 12.4. The zero-order chi connectivity index (χ0) is 15.2. The molecule has 0 saturated carbocycles. The first-order chi connectivity index (χ1) is 10.2. The highest BCUT2D eigenvalue weighted by Gasteiger charge is 2.13. The van der Waals surface area contributed by atoms with Gasteiger partial charge in [-0.3, -0.25) is 0 Å². The summed E-state index contributed by atoms with van der Waals surface area (Å²) in [6, 6.07) is 5.41. The van der Waals surface area contributed by atoms with Crippen molar-refractivity contribution in [3.63, 3.8) is 0 Å². The molecule has 7 nitrogen and oxygen atoms in total. The molecule has 0 saturated heterocycles. The molecule has 2 rings (SSSR count). The number of anilines is 3. The van der Waals surface area contributed by atoms with E-state index in [9.17, 15) is 0 Å². The molecule has 0 spiro atoms. The second-order valence-electron chi connectivity index (χ2n) is 4.08. The lowest BCUT2D eigenvalue weighted by Crippen LogP contribution is -2.00. The Balaban J connectivity index is 2.35. The van der Waals surface area contributed by atoms with E-state index in [0.29, 0.717) is 23.1 Å². The van der Waals surface area contributed by atoms with E-state index < -0.39 is 0 Å². The molecule has 1 aromatic heterocycles. The predicted octanol–water partition coefficient (Wildman–Crippen LogP) is 2.29. The van der Waals surface area contributed by atoms with Crippen molar-refractivity contribution in [2.24, 2.45) is 0 Å². The van der Waals surface area contributed by atoms with Crippen LogP contribution >= 0.6 is 0 Å². The SMILES string of the molecule is CNc1cc(Nc2cc(OC)c(OC)c(OC)c2)ncn1. The van der Waals surface area contributed by atoms with E-state index in [1.807, 2.05) is 12.1 Å². The summed E-state index contributed by atoms with van der Waals surface area (Å²) in [6.45, 7) is 0. The van der Waals surface area contributed by atoms with Crippen LogP contribution in [0.5, 0.6) is 17.2 Å². The summed E-state index contributed by atoms with van der Waals surface area (Å²) >= 11 is 0. The van der Waals surface area contributed by atoms with Crippen LogP contribution in [0.4, 0.5) is 17.3 Å². The van der Waals surface area contributed by atoms with Crippen molar-refractivity contribution in [3.05, 3.63) is 24.5 Å². The van der Waals surface area contributed by atoms with E-state index >= 15 is 0 Å². The average Bonchev–Trinajstić information content (AvgIpc) is 2.53. The second-order valence-corrected chi connectivity index (χ2v) is 4.08. The van der Waals surface area contributed by atoms with Gasteiger partial charge in [0.1, 0.15) is 18.0 Å². The quantitative estimate of drug-likeness (QED) is 0.845. The number of hydrogen-bond acceptors (Lipinski definition) is 7. The summed E-state index contributed by atoms with van der Waals surface area (Å²) < 4.78 is 15.9. The van der Waals surface area contributed by atoms with Crippen molar-refractivity contribution in [1.29, 1.82) is 0 Å². The van der Waals surface area contributed by atoms with Gasteiger partial charge < -0.3 is 24.8 Å². The maximum absolute atomic E-state index is 5.31. The summed E-state index contributed by atoms with van der Waals surface area (Å²) in [7, 11) is 6.51. The molecule has 0 bridgehead atoms. The van der Waals surface area contributed by atoms with Crippen molar-refractivity contribution in [3.8, 4) is 17.2 Å². The van der Waals surface area contributed by atoms with Gasteiger partial charge in [-0.1, -0.05) is 0 Å². The molecule has 0 aliphatic rings. The predicted molar refractivity (Wildman–Crippen MR) is 81.0 cm³/mol. The minimum Gasteiger partial charge on any atom is -0.493 e. The van der Waals surface area contributed by atoms with E-state index in [0.717, 1.165) is 11.5 Å². The lowest BCUT2D eigenvalue weighted by Gasteiger charge is -2.15. The fourth-order valence-electron chi connectivity index (χ4n) is 1.86. The Morgan fingerprint density at radius 1 is 0.857 bits per heavy atom. The van der Waals surface area contributed by atoms with Crippen LogP contribution in [0.2, 0.25) is 0 Å². The van der Waals surface area contributed by atoms with E-state index in [4.69, 9.17) is 14.2 Å². The van der Waals surface area contributed by atoms with Crippen LogP contribution in [0, 0.1) is 0 Å². The number of ether oxygens (including phenoxy) is 3. The van der Waals surface area contributed by atoms with Gasteiger partial charge in [0.15, 0.2) is 11.5 Å². The van der Waals surface area contributed by atoms with Crippen LogP contribution in [0.15, 0.2) is 24.5 Å². The highest BCUT2D eigenvalue weighted by molar-refractivity contribution is 5.67. The van der Waals surface area contributed by atoms with Crippen molar-refractivity contribution in [1.82, 2.24) is 9.97 Å². The topological polar surface area (TPSA) is 77.5 Å². The minimum absolute atomic E-state index is 0.546. The molecule has 0 amide bonds. The molecule has 0 unspecified atom stereocenters. The Bertz CT molecular complexity index is 594. The smallest absolute Gasteiger partial charge is 0.203 e. The summed E-state index contributed by atoms with van der Waals surface area (Å²) in [5.41, 5.74) is 0.769. The monoisotopic (exact) mass is 290 g/mol. The molecule has 0 aliphatic heterocycles. The number of nitrogens with zero attached hydrogens (tertiary/aromatic N) is 2. The lowest BCUT2D eigenvalue weighted by atomic mass is 10.2. The number of nitrogens with one attached hydrogen (secondary N) is 2. The lowest BCUT2D eigenvalue weighted by molar-refractivity contribution is 0.324. The third-order valence-corrected chi connectivity index (χ3v) is 2.86. The van der Waals surface area contributed by atoms with Crippen LogP contribution in [0.25, 0.3) is 0 Å². The normalized spacial score (nSPS) is 9.90. The van der Waals surface area contributed by atoms with E-state index in [2.05, 4.69) is 20.6 Å². The summed E-state index contributed by atoms with van der Waals surface area (Å²) in [5.74, 6) is 3.07. The van der Waals surface area contributed by atoms with Gasteiger partial charge in [-0.05, 0) is 0 Å². The first kappa shape index (κ1) is 14.7. The van der Waals surface area contributed by atoms with Gasteiger partial charge in [0.2, 0.25) is 5.75 Å². The molecular formula is C14H18N4O3. The van der Waals surface area contributed by atoms with E-state index in [-0.39, 0.29) is 0 Å². The van der Waals surface area contributed by atoms with Crippen molar-refractivity contribution in [2.75, 3.05) is 39.0 Å². The molecule has 0 aliphatic carbocycles. The highest BCUT2D eigenvalue weighted by atomic mass is 16.5. The molecule has 2 aromatic rings. The number of hydrogen-bond donors (Lipinski definition) is 2. The number of aromatic nitrogens is 2. The van der Waals surface area contributed by atoms with Crippen molar-refractivity contribution >= 4 is 17.3 Å². The van der Waals surface area contributed by atoms with Crippen LogP contribution < -0.4 is 24.8 Å². The Morgan fingerprint density at radius 3 is 2.00 bits per heavy atom. The Kier molecular flexibility index (Phi) is 4.65. The van der Waals surface area contributed by atoms with Crippen LogP contribution in [-0.2, 0) is 0 Å². The Hall–Kier alpha value is -2.70. The van der Waals surface area contributed by atoms with Gasteiger partial charge in [-0.25, -0.2) is 9.97 Å². The maximum atomic E-state index is 5.31. The van der Waals surface area contributed by atoms with Gasteiger partial charge in [0.05, 0.1) is 21.3 Å². The van der Waals surface area contributed by atoms with Crippen molar-refractivity contribution in [2.45, 2.75) is 0 Å². The molecule has 1 heterocycles. The van der Waals surface area contributed by atoms with E-state index in [1.165, 1.54) is 6.33 Å². The highest BCUT2D eigenvalue weighted by Crippen LogP contribution is 2.40. The fraction of sp³-hybridized carbons (Fsp3) is 0.286. The maximum Gasteiger partial charge on any atom is 0.203 e. The summed E-state index contributed by atoms with van der Waals surface area (Å²) in [4.78, 5) is 8.22. The van der Waals surface area contributed by atoms with Gasteiger partial charge in [-0.15, -0.1) is 0 Å². The molecule has 7 heteroatoms. The summed E-state index contributed by atoms with van der Waals surface area (Å²) in [6.07, 6.45) is 1.48. The van der Waals surface area contributed by atoms with Gasteiger partial charge >= 0.3 is 0 Å². The molecule has 0 atom stereocenters. The standard InChI is InChI=1S/C14H18N4O3/c1-15-12-7-13(17-8-16-12)18-9-5-10(19-2)14(21-4)11(6-9)20-3/h5-8H,1-4H3,(H2,15,16,17,18). The Morgan fingerprint density at radius 2 is 1.48 bits per heavy atom. The second kappa shape index (κ2) is 6.65. The van der Waals surface area contributed by atoms with E-state index in [1.54, 1.807) is 34.4 Å². The van der Waals surface area contributed by atoms with Crippen molar-refractivity contribution < 1.29 is 14.2 Å². The number of benzene rings is 1. The van der Waals surface area contributed by atoms with Gasteiger partial charge in [0.25, 0.3) is 0 Å². The first-order valence-electron chi connectivity index (χ1n) is 6.28. The molecule has 0 fully saturated rings. The molecule has 21 heavy (non-hydrogen) atoms. The molecule has 112 valence electrons. The Labute approximate surface area is 123 Å². The minimum atomic E-state index is 0.546. The molecule has 2 N–H and O–H groups in total. The third-order valence-electron chi connectivity index (χ3n) is 2.86. The third kappa shape index (κ3) is 3.25. The average molecular weight is 290 g/mol. The molecular weight excluding hydrogens is 272 g/mol. The zero-order valence-corrected chi connectivity index (χ0v) is 12.4. The van der Waals surface area contributed by atoms with Crippen LogP contribution in [0.3, 0.4) is 0 Å². The molecule has 1 aromatic carbocycles. The fourth-order valence-corrected chi connectivity index (χ4v) is 1.86. The number of methoxy groups -OCH3 is 3. The largest absolute Gasteiger partial charge is 0.493 e. The number of rotatable bonds is 6. The molecule has 0 radical (unpaired) electrons. The van der Waals surface area contributed by atoms with Gasteiger partial charge in [0, 0.05) is 30.9 Å². The summed E-state index contributed by atoms with van der Waals surface area (Å²) in [5, 5.41) is 6.13. The first-order valence-corrected chi connectivity index (χ1v) is 6.28. The van der Waals surface area contributed by atoms with Crippen LogP contribution in [0.1, 0.15) is 0 Å². The van der Waals surface area contributed by atoms with Crippen LogP contribution in [-0.4, -0.2) is 38.3 Å². The van der Waals surface area contributed by atoms with Gasteiger partial charge in [-0.2, -0.15) is 0 Å².